The topological polar surface area (TPSA) is 71.3 Å². The van der Waals surface area contributed by atoms with Crippen LogP contribution in [-0.4, -0.2) is 20.1 Å². The predicted molar refractivity (Wildman–Crippen MR) is 97.7 cm³/mol. The zero-order valence-electron chi connectivity index (χ0n) is 14.7. The van der Waals surface area contributed by atoms with Crippen molar-refractivity contribution in [1.82, 2.24) is 0 Å². The normalized spacial score (nSPS) is 10.8. The molecule has 0 spiro atoms. The molecule has 2 rings (SSSR count). The van der Waals surface area contributed by atoms with Crippen molar-refractivity contribution in [3.63, 3.8) is 0 Å². The summed E-state index contributed by atoms with van der Waals surface area (Å²) in [5.41, 5.74) is 3.34. The average Bonchev–Trinajstić information content (AvgIpc) is 2.62. The molecule has 5 heteroatoms. The largest absolute Gasteiger partial charge is 0.493 e. The van der Waals surface area contributed by atoms with Crippen molar-refractivity contribution in [2.24, 2.45) is 0 Å². The number of anilines is 1. The first kappa shape index (κ1) is 18.1. The maximum atomic E-state index is 12.4. The molecule has 0 aliphatic rings. The molecule has 5 nitrogen and oxygen atoms in total. The van der Waals surface area contributed by atoms with Gasteiger partial charge in [0.2, 0.25) is 0 Å². The van der Waals surface area contributed by atoms with Crippen LogP contribution in [-0.2, 0) is 4.79 Å². The number of ether oxygens (including phenoxy) is 2. The van der Waals surface area contributed by atoms with E-state index in [4.69, 9.17) is 9.47 Å². The molecule has 0 unspecified atom stereocenters. The Morgan fingerprint density at radius 3 is 2.44 bits per heavy atom. The summed E-state index contributed by atoms with van der Waals surface area (Å²) in [5, 5.41) is 12.1. The van der Waals surface area contributed by atoms with E-state index in [0.717, 1.165) is 11.1 Å². The number of carbonyl (C=O) groups is 1. The van der Waals surface area contributed by atoms with Gasteiger partial charge in [0.05, 0.1) is 14.2 Å². The maximum Gasteiger partial charge on any atom is 0.266 e. The standard InChI is InChI=1S/C20H20N2O3/c1-13-5-6-14(2)17(9-13)22-20(23)16(12-21)10-15-7-8-18(24-3)19(11-15)25-4/h5-11H,1-4H3,(H,22,23)/b16-10+. The molecule has 0 atom stereocenters. The maximum absolute atomic E-state index is 12.4. The summed E-state index contributed by atoms with van der Waals surface area (Å²) >= 11 is 0. The van der Waals surface area contributed by atoms with Gasteiger partial charge in [-0.3, -0.25) is 4.79 Å². The first-order valence-corrected chi connectivity index (χ1v) is 7.71. The van der Waals surface area contributed by atoms with E-state index in [1.54, 1.807) is 25.3 Å². The van der Waals surface area contributed by atoms with Crippen molar-refractivity contribution in [3.8, 4) is 17.6 Å². The third-order valence-corrected chi connectivity index (χ3v) is 3.72. The summed E-state index contributed by atoms with van der Waals surface area (Å²) in [6, 6.07) is 12.9. The first-order chi connectivity index (χ1) is 12.0. The Morgan fingerprint density at radius 1 is 1.08 bits per heavy atom. The number of nitriles is 1. The van der Waals surface area contributed by atoms with E-state index in [-0.39, 0.29) is 5.57 Å². The molecule has 0 fully saturated rings. The highest BCUT2D eigenvalue weighted by Crippen LogP contribution is 2.28. The molecule has 0 aromatic heterocycles. The number of nitrogens with one attached hydrogen (secondary N) is 1. The Morgan fingerprint density at radius 2 is 1.80 bits per heavy atom. The van der Waals surface area contributed by atoms with Crippen LogP contribution in [0.5, 0.6) is 11.5 Å². The van der Waals surface area contributed by atoms with E-state index in [2.05, 4.69) is 5.32 Å². The lowest BCUT2D eigenvalue weighted by molar-refractivity contribution is -0.112. The van der Waals surface area contributed by atoms with E-state index in [1.165, 1.54) is 13.2 Å². The monoisotopic (exact) mass is 336 g/mol. The molecule has 0 saturated carbocycles. The molecule has 0 heterocycles. The number of aryl methyl sites for hydroxylation is 2. The highest BCUT2D eigenvalue weighted by molar-refractivity contribution is 6.10. The Balaban J connectivity index is 2.29. The number of nitrogens with zero attached hydrogens (tertiary/aromatic N) is 1. The highest BCUT2D eigenvalue weighted by Gasteiger charge is 2.12. The van der Waals surface area contributed by atoms with Gasteiger partial charge in [-0.05, 0) is 54.8 Å². The van der Waals surface area contributed by atoms with Crippen molar-refractivity contribution in [2.45, 2.75) is 13.8 Å². The van der Waals surface area contributed by atoms with Crippen LogP contribution in [0.1, 0.15) is 16.7 Å². The van der Waals surface area contributed by atoms with Crippen LogP contribution >= 0.6 is 0 Å². The second-order valence-electron chi connectivity index (χ2n) is 5.56. The lowest BCUT2D eigenvalue weighted by Crippen LogP contribution is -2.14. The van der Waals surface area contributed by atoms with E-state index >= 15 is 0 Å². The van der Waals surface area contributed by atoms with Gasteiger partial charge in [0.1, 0.15) is 11.6 Å². The van der Waals surface area contributed by atoms with Gasteiger partial charge >= 0.3 is 0 Å². The molecular formula is C20H20N2O3. The van der Waals surface area contributed by atoms with Gasteiger partial charge in [-0.1, -0.05) is 18.2 Å². The molecule has 2 aromatic rings. The van der Waals surface area contributed by atoms with Gasteiger partial charge in [-0.2, -0.15) is 5.26 Å². The van der Waals surface area contributed by atoms with Gasteiger partial charge in [0, 0.05) is 5.69 Å². The Kier molecular flexibility index (Phi) is 5.80. The summed E-state index contributed by atoms with van der Waals surface area (Å²) in [7, 11) is 3.08. The van der Waals surface area contributed by atoms with E-state index in [0.29, 0.717) is 22.7 Å². The number of rotatable bonds is 5. The fourth-order valence-electron chi connectivity index (χ4n) is 2.32. The van der Waals surface area contributed by atoms with Crippen LogP contribution in [0.4, 0.5) is 5.69 Å². The molecule has 0 aliphatic carbocycles. The van der Waals surface area contributed by atoms with Crippen LogP contribution in [0.2, 0.25) is 0 Å². The Hall–Kier alpha value is -3.26. The Labute approximate surface area is 147 Å². The van der Waals surface area contributed by atoms with Crippen molar-refractivity contribution >= 4 is 17.7 Å². The fourth-order valence-corrected chi connectivity index (χ4v) is 2.32. The molecule has 25 heavy (non-hydrogen) atoms. The Bertz CT molecular complexity index is 864. The smallest absolute Gasteiger partial charge is 0.266 e. The van der Waals surface area contributed by atoms with E-state index < -0.39 is 5.91 Å². The number of carbonyl (C=O) groups excluding carboxylic acids is 1. The van der Waals surface area contributed by atoms with E-state index in [9.17, 15) is 10.1 Å². The zero-order valence-corrected chi connectivity index (χ0v) is 14.7. The summed E-state index contributed by atoms with van der Waals surface area (Å²) in [6.07, 6.45) is 1.52. The third-order valence-electron chi connectivity index (χ3n) is 3.72. The van der Waals surface area contributed by atoms with E-state index in [1.807, 2.05) is 38.1 Å². The van der Waals surface area contributed by atoms with Crippen molar-refractivity contribution < 1.29 is 14.3 Å². The summed E-state index contributed by atoms with van der Waals surface area (Å²) < 4.78 is 10.4. The van der Waals surface area contributed by atoms with Crippen molar-refractivity contribution in [2.75, 3.05) is 19.5 Å². The molecular weight excluding hydrogens is 316 g/mol. The van der Waals surface area contributed by atoms with Crippen LogP contribution < -0.4 is 14.8 Å². The summed E-state index contributed by atoms with van der Waals surface area (Å²) in [5.74, 6) is 0.660. The van der Waals surface area contributed by atoms with Gasteiger partial charge in [-0.15, -0.1) is 0 Å². The van der Waals surface area contributed by atoms with Gasteiger partial charge in [0.25, 0.3) is 5.91 Å². The van der Waals surface area contributed by atoms with Crippen LogP contribution in [0.15, 0.2) is 42.0 Å². The van der Waals surface area contributed by atoms with Crippen LogP contribution in [0, 0.1) is 25.2 Å². The summed E-state index contributed by atoms with van der Waals surface area (Å²) in [6.45, 7) is 3.85. The number of hydrogen-bond donors (Lipinski definition) is 1. The first-order valence-electron chi connectivity index (χ1n) is 7.71. The minimum absolute atomic E-state index is 0.00752. The zero-order chi connectivity index (χ0) is 18.4. The molecule has 1 N–H and O–H groups in total. The molecule has 1 amide bonds. The SMILES string of the molecule is COc1ccc(/C=C(\C#N)C(=O)Nc2cc(C)ccc2C)cc1OC. The molecule has 0 saturated heterocycles. The van der Waals surface area contributed by atoms with Crippen LogP contribution in [0.25, 0.3) is 6.08 Å². The predicted octanol–water partition coefficient (Wildman–Crippen LogP) is 3.87. The molecule has 0 bridgehead atoms. The molecule has 2 aromatic carbocycles. The second kappa shape index (κ2) is 8.02. The average molecular weight is 336 g/mol. The number of hydrogen-bond acceptors (Lipinski definition) is 4. The summed E-state index contributed by atoms with van der Waals surface area (Å²) in [4.78, 5) is 12.4. The molecule has 128 valence electrons. The lowest BCUT2D eigenvalue weighted by Gasteiger charge is -2.10. The minimum atomic E-state index is -0.453. The lowest BCUT2D eigenvalue weighted by atomic mass is 10.1. The van der Waals surface area contributed by atoms with Crippen molar-refractivity contribution in [3.05, 3.63) is 58.7 Å². The number of methoxy groups -OCH3 is 2. The van der Waals surface area contributed by atoms with Gasteiger partial charge < -0.3 is 14.8 Å². The van der Waals surface area contributed by atoms with Gasteiger partial charge in [0.15, 0.2) is 11.5 Å². The quantitative estimate of drug-likeness (QED) is 0.665. The van der Waals surface area contributed by atoms with Crippen LogP contribution in [0.3, 0.4) is 0 Å². The van der Waals surface area contributed by atoms with Gasteiger partial charge in [-0.25, -0.2) is 0 Å². The number of amides is 1. The highest BCUT2D eigenvalue weighted by atomic mass is 16.5. The fraction of sp³-hybridized carbons (Fsp3) is 0.200. The second-order valence-corrected chi connectivity index (χ2v) is 5.56. The number of benzene rings is 2. The third kappa shape index (κ3) is 4.39. The van der Waals surface area contributed by atoms with Crippen molar-refractivity contribution in [1.29, 1.82) is 5.26 Å². The minimum Gasteiger partial charge on any atom is -0.493 e. The molecule has 0 radical (unpaired) electrons. The molecule has 0 aliphatic heterocycles.